The SMILES string of the molecule is COCCNC(=O)Nc1ccc(F)cc1F. The third kappa shape index (κ3) is 3.82. The minimum Gasteiger partial charge on any atom is -0.383 e. The highest BCUT2D eigenvalue weighted by molar-refractivity contribution is 5.89. The van der Waals surface area contributed by atoms with Crippen LogP contribution in [0.4, 0.5) is 19.3 Å². The highest BCUT2D eigenvalue weighted by Crippen LogP contribution is 2.14. The zero-order valence-corrected chi connectivity index (χ0v) is 8.72. The van der Waals surface area contributed by atoms with Gasteiger partial charge in [-0.25, -0.2) is 13.6 Å². The Morgan fingerprint density at radius 1 is 1.44 bits per heavy atom. The minimum atomic E-state index is -0.818. The summed E-state index contributed by atoms with van der Waals surface area (Å²) in [5, 5.41) is 4.69. The van der Waals surface area contributed by atoms with E-state index >= 15 is 0 Å². The lowest BCUT2D eigenvalue weighted by molar-refractivity contribution is 0.198. The second-order valence-corrected chi connectivity index (χ2v) is 3.00. The number of nitrogens with one attached hydrogen (secondary N) is 2. The lowest BCUT2D eigenvalue weighted by Crippen LogP contribution is -2.31. The van der Waals surface area contributed by atoms with Crippen molar-refractivity contribution in [3.63, 3.8) is 0 Å². The first-order valence-electron chi connectivity index (χ1n) is 4.62. The molecule has 0 aliphatic heterocycles. The third-order valence-corrected chi connectivity index (χ3v) is 1.77. The molecule has 0 spiro atoms. The lowest BCUT2D eigenvalue weighted by atomic mass is 10.3. The van der Waals surface area contributed by atoms with Gasteiger partial charge in [0.1, 0.15) is 11.6 Å². The van der Waals surface area contributed by atoms with Crippen LogP contribution in [0.3, 0.4) is 0 Å². The monoisotopic (exact) mass is 230 g/mol. The molecule has 16 heavy (non-hydrogen) atoms. The normalized spacial score (nSPS) is 9.94. The van der Waals surface area contributed by atoms with Crippen LogP contribution >= 0.6 is 0 Å². The second kappa shape index (κ2) is 6.02. The summed E-state index contributed by atoms with van der Waals surface area (Å²) in [4.78, 5) is 11.2. The van der Waals surface area contributed by atoms with E-state index in [0.717, 1.165) is 12.1 Å². The van der Waals surface area contributed by atoms with Gasteiger partial charge in [-0.05, 0) is 12.1 Å². The van der Waals surface area contributed by atoms with Crippen LogP contribution in [0.1, 0.15) is 0 Å². The van der Waals surface area contributed by atoms with Crippen molar-refractivity contribution in [2.75, 3.05) is 25.6 Å². The van der Waals surface area contributed by atoms with Crippen LogP contribution in [0.25, 0.3) is 0 Å². The van der Waals surface area contributed by atoms with Crippen LogP contribution in [-0.4, -0.2) is 26.3 Å². The maximum absolute atomic E-state index is 13.1. The van der Waals surface area contributed by atoms with Crippen LogP contribution in [0.5, 0.6) is 0 Å². The number of hydrogen-bond donors (Lipinski definition) is 2. The first-order chi connectivity index (χ1) is 7.63. The minimum absolute atomic E-state index is 0.0729. The van der Waals surface area contributed by atoms with E-state index in [2.05, 4.69) is 10.6 Å². The molecule has 2 amide bonds. The Hall–Kier alpha value is -1.69. The average Bonchev–Trinajstić information content (AvgIpc) is 2.23. The summed E-state index contributed by atoms with van der Waals surface area (Å²) in [6.07, 6.45) is 0. The number of benzene rings is 1. The largest absolute Gasteiger partial charge is 0.383 e. The summed E-state index contributed by atoms with van der Waals surface area (Å²) in [7, 11) is 1.50. The van der Waals surface area contributed by atoms with Gasteiger partial charge >= 0.3 is 6.03 Å². The highest BCUT2D eigenvalue weighted by atomic mass is 19.1. The number of methoxy groups -OCH3 is 1. The van der Waals surface area contributed by atoms with Gasteiger partial charge in [-0.2, -0.15) is 0 Å². The summed E-state index contributed by atoms with van der Waals surface area (Å²) >= 11 is 0. The highest BCUT2D eigenvalue weighted by Gasteiger charge is 2.06. The Balaban J connectivity index is 2.49. The summed E-state index contributed by atoms with van der Waals surface area (Å²) in [5.74, 6) is -1.51. The number of anilines is 1. The van der Waals surface area contributed by atoms with Gasteiger partial charge < -0.3 is 15.4 Å². The molecule has 0 bridgehead atoms. The molecule has 0 aliphatic carbocycles. The summed E-state index contributed by atoms with van der Waals surface area (Å²) in [6, 6.07) is 2.35. The predicted molar refractivity (Wildman–Crippen MR) is 55.3 cm³/mol. The molecule has 4 nitrogen and oxygen atoms in total. The van der Waals surface area contributed by atoms with Crippen LogP contribution in [0.15, 0.2) is 18.2 Å². The van der Waals surface area contributed by atoms with E-state index in [1.807, 2.05) is 0 Å². The Morgan fingerprint density at radius 2 is 2.19 bits per heavy atom. The van der Waals surface area contributed by atoms with Crippen LogP contribution in [0, 0.1) is 11.6 Å². The topological polar surface area (TPSA) is 50.4 Å². The Morgan fingerprint density at radius 3 is 2.81 bits per heavy atom. The molecule has 0 fully saturated rings. The average molecular weight is 230 g/mol. The molecule has 1 rings (SSSR count). The van der Waals surface area contributed by atoms with E-state index in [-0.39, 0.29) is 5.69 Å². The number of halogens is 2. The fraction of sp³-hybridized carbons (Fsp3) is 0.300. The fourth-order valence-electron chi connectivity index (χ4n) is 1.02. The number of carbonyl (C=O) groups is 1. The number of rotatable bonds is 4. The molecular weight excluding hydrogens is 218 g/mol. The van der Waals surface area contributed by atoms with Crippen molar-refractivity contribution in [2.24, 2.45) is 0 Å². The van der Waals surface area contributed by atoms with Gasteiger partial charge in [0.15, 0.2) is 0 Å². The van der Waals surface area contributed by atoms with E-state index in [0.29, 0.717) is 19.2 Å². The Bertz CT molecular complexity index is 372. The Kier molecular flexibility index (Phi) is 4.65. The maximum atomic E-state index is 13.1. The molecule has 0 atom stereocenters. The van der Waals surface area contributed by atoms with Crippen molar-refractivity contribution in [3.05, 3.63) is 29.8 Å². The lowest BCUT2D eigenvalue weighted by Gasteiger charge is -2.07. The van der Waals surface area contributed by atoms with E-state index < -0.39 is 17.7 Å². The van der Waals surface area contributed by atoms with Crippen molar-refractivity contribution in [1.29, 1.82) is 0 Å². The molecule has 0 unspecified atom stereocenters. The number of ether oxygens (including phenoxy) is 1. The first-order valence-corrected chi connectivity index (χ1v) is 4.62. The van der Waals surface area contributed by atoms with Gasteiger partial charge in [0.05, 0.1) is 12.3 Å². The van der Waals surface area contributed by atoms with Crippen molar-refractivity contribution < 1.29 is 18.3 Å². The van der Waals surface area contributed by atoms with Crippen LogP contribution in [0.2, 0.25) is 0 Å². The van der Waals surface area contributed by atoms with Crippen LogP contribution < -0.4 is 10.6 Å². The van der Waals surface area contributed by atoms with E-state index in [4.69, 9.17) is 4.74 Å². The standard InChI is InChI=1S/C10H12F2N2O2/c1-16-5-4-13-10(15)14-9-3-2-7(11)6-8(9)12/h2-3,6H,4-5H2,1H3,(H2,13,14,15). The molecule has 0 saturated carbocycles. The smallest absolute Gasteiger partial charge is 0.319 e. The number of urea groups is 1. The second-order valence-electron chi connectivity index (χ2n) is 3.00. The molecule has 0 saturated heterocycles. The maximum Gasteiger partial charge on any atom is 0.319 e. The number of amides is 2. The van der Waals surface area contributed by atoms with Gasteiger partial charge in [-0.3, -0.25) is 0 Å². The van der Waals surface area contributed by atoms with E-state index in [1.165, 1.54) is 7.11 Å². The molecule has 0 radical (unpaired) electrons. The summed E-state index contributed by atoms with van der Waals surface area (Å²) in [6.45, 7) is 0.671. The Labute approximate surface area is 91.6 Å². The predicted octanol–water partition coefficient (Wildman–Crippen LogP) is 1.73. The summed E-state index contributed by atoms with van der Waals surface area (Å²) in [5.41, 5.74) is -0.0729. The zero-order chi connectivity index (χ0) is 12.0. The van der Waals surface area contributed by atoms with Gasteiger partial charge in [0.2, 0.25) is 0 Å². The van der Waals surface area contributed by atoms with Crippen LogP contribution in [-0.2, 0) is 4.74 Å². The van der Waals surface area contributed by atoms with Gasteiger partial charge in [0.25, 0.3) is 0 Å². The van der Waals surface area contributed by atoms with Gasteiger partial charge in [-0.15, -0.1) is 0 Å². The van der Waals surface area contributed by atoms with E-state index in [1.54, 1.807) is 0 Å². The molecule has 88 valence electrons. The first kappa shape index (κ1) is 12.4. The molecule has 0 heterocycles. The third-order valence-electron chi connectivity index (χ3n) is 1.77. The molecule has 0 aliphatic rings. The fourth-order valence-corrected chi connectivity index (χ4v) is 1.02. The molecule has 1 aromatic carbocycles. The molecular formula is C10H12F2N2O2. The van der Waals surface area contributed by atoms with Crippen molar-refractivity contribution in [2.45, 2.75) is 0 Å². The zero-order valence-electron chi connectivity index (χ0n) is 8.72. The quantitative estimate of drug-likeness (QED) is 0.774. The molecule has 0 aromatic heterocycles. The van der Waals surface area contributed by atoms with Crippen molar-refractivity contribution in [1.82, 2.24) is 5.32 Å². The van der Waals surface area contributed by atoms with Crippen molar-refractivity contribution >= 4 is 11.7 Å². The van der Waals surface area contributed by atoms with Gasteiger partial charge in [-0.1, -0.05) is 0 Å². The number of hydrogen-bond acceptors (Lipinski definition) is 2. The molecule has 6 heteroatoms. The van der Waals surface area contributed by atoms with Crippen molar-refractivity contribution in [3.8, 4) is 0 Å². The number of carbonyl (C=O) groups excluding carboxylic acids is 1. The summed E-state index contributed by atoms with van der Waals surface area (Å²) < 4.78 is 30.4. The molecule has 2 N–H and O–H groups in total. The van der Waals surface area contributed by atoms with E-state index in [9.17, 15) is 13.6 Å². The molecule has 1 aromatic rings. The van der Waals surface area contributed by atoms with Gasteiger partial charge in [0, 0.05) is 19.7 Å².